The second-order valence-corrected chi connectivity index (χ2v) is 2.99. The molecule has 4 nitrogen and oxygen atoms in total. The Morgan fingerprint density at radius 1 is 1.47 bits per heavy atom. The van der Waals surface area contributed by atoms with Crippen LogP contribution in [0.25, 0.3) is 0 Å². The molecule has 1 aromatic rings. The monoisotopic (exact) mass is 234 g/mol. The maximum Gasteiger partial charge on any atom is 0.210 e. The lowest BCUT2D eigenvalue weighted by molar-refractivity contribution is 0.586. The number of nitrogens with one attached hydrogen (secondary N) is 2. The van der Waals surface area contributed by atoms with Gasteiger partial charge in [-0.15, -0.1) is 0 Å². The van der Waals surface area contributed by atoms with E-state index in [2.05, 4.69) is 15.7 Å². The molecule has 0 amide bonds. The fourth-order valence-corrected chi connectivity index (χ4v) is 1.18. The highest BCUT2D eigenvalue weighted by Crippen LogP contribution is 2.26. The lowest BCUT2D eigenvalue weighted by Crippen LogP contribution is -2.36. The van der Waals surface area contributed by atoms with Gasteiger partial charge in [0, 0.05) is 13.1 Å². The average molecular weight is 235 g/mol. The molecule has 0 aromatic heterocycles. The molecule has 0 radical (unpaired) electrons. The number of anilines is 1. The molecule has 1 aromatic carbocycles. The van der Waals surface area contributed by atoms with Crippen molar-refractivity contribution in [3.8, 4) is 0 Å². The second-order valence-electron chi connectivity index (χ2n) is 2.59. The van der Waals surface area contributed by atoms with Crippen LogP contribution in [0.2, 0.25) is 5.02 Å². The molecule has 15 heavy (non-hydrogen) atoms. The Morgan fingerprint density at radius 3 is 2.60 bits per heavy atom. The van der Waals surface area contributed by atoms with Crippen LogP contribution in [0, 0.1) is 11.6 Å². The zero-order valence-electron chi connectivity index (χ0n) is 7.81. The van der Waals surface area contributed by atoms with Crippen LogP contribution in [0.15, 0.2) is 17.1 Å². The Hall–Kier alpha value is -1.40. The van der Waals surface area contributed by atoms with Crippen LogP contribution in [0.3, 0.4) is 0 Å². The van der Waals surface area contributed by atoms with Gasteiger partial charge < -0.3 is 5.32 Å². The van der Waals surface area contributed by atoms with E-state index in [1.165, 1.54) is 7.05 Å². The van der Waals surface area contributed by atoms with Crippen molar-refractivity contribution in [3.05, 3.63) is 28.8 Å². The molecular formula is C8H9ClF2N4. The molecule has 0 heterocycles. The summed E-state index contributed by atoms with van der Waals surface area (Å²) in [5, 5.41) is 2.39. The Labute approximate surface area is 90.1 Å². The minimum Gasteiger partial charge on any atom is -0.322 e. The highest BCUT2D eigenvalue weighted by molar-refractivity contribution is 6.33. The van der Waals surface area contributed by atoms with Gasteiger partial charge in [0.2, 0.25) is 5.96 Å². The summed E-state index contributed by atoms with van der Waals surface area (Å²) >= 11 is 5.63. The van der Waals surface area contributed by atoms with E-state index in [-0.39, 0.29) is 16.7 Å². The fourth-order valence-electron chi connectivity index (χ4n) is 0.937. The van der Waals surface area contributed by atoms with Crippen LogP contribution in [0.1, 0.15) is 0 Å². The van der Waals surface area contributed by atoms with Crippen molar-refractivity contribution in [2.24, 2.45) is 10.8 Å². The van der Waals surface area contributed by atoms with E-state index in [0.717, 1.165) is 6.07 Å². The normalized spacial score (nSPS) is 11.4. The van der Waals surface area contributed by atoms with Gasteiger partial charge in [-0.2, -0.15) is 0 Å². The molecule has 0 atom stereocenters. The van der Waals surface area contributed by atoms with Gasteiger partial charge in [-0.25, -0.2) is 14.6 Å². The molecule has 0 saturated carbocycles. The lowest BCUT2D eigenvalue weighted by Gasteiger charge is -2.10. The Morgan fingerprint density at radius 2 is 2.13 bits per heavy atom. The van der Waals surface area contributed by atoms with Crippen LogP contribution < -0.4 is 16.6 Å². The van der Waals surface area contributed by atoms with Crippen LogP contribution >= 0.6 is 11.6 Å². The molecule has 0 spiro atoms. The largest absolute Gasteiger partial charge is 0.322 e. The SMILES string of the molecule is CN=C(NN)Nc1c(F)cc(F)cc1Cl. The molecule has 7 heteroatoms. The van der Waals surface area contributed by atoms with E-state index in [4.69, 9.17) is 17.4 Å². The minimum absolute atomic E-state index is 0.0865. The molecule has 0 aliphatic heterocycles. The van der Waals surface area contributed by atoms with Crippen molar-refractivity contribution in [1.29, 1.82) is 0 Å². The van der Waals surface area contributed by atoms with Crippen molar-refractivity contribution in [2.45, 2.75) is 0 Å². The van der Waals surface area contributed by atoms with E-state index in [1.807, 2.05) is 0 Å². The van der Waals surface area contributed by atoms with Crippen molar-refractivity contribution in [2.75, 3.05) is 12.4 Å². The Balaban J connectivity index is 3.05. The molecular weight excluding hydrogens is 226 g/mol. The molecule has 0 saturated heterocycles. The second kappa shape index (κ2) is 4.90. The van der Waals surface area contributed by atoms with Crippen molar-refractivity contribution in [1.82, 2.24) is 5.43 Å². The van der Waals surface area contributed by atoms with Crippen LogP contribution in [0.5, 0.6) is 0 Å². The zero-order valence-corrected chi connectivity index (χ0v) is 8.57. The lowest BCUT2D eigenvalue weighted by atomic mass is 10.3. The summed E-state index contributed by atoms with van der Waals surface area (Å²) in [6, 6.07) is 1.69. The Kier molecular flexibility index (Phi) is 3.81. The first-order chi connectivity index (χ1) is 7.08. The highest BCUT2D eigenvalue weighted by Gasteiger charge is 2.10. The van der Waals surface area contributed by atoms with E-state index in [9.17, 15) is 8.78 Å². The number of hydrogen-bond acceptors (Lipinski definition) is 2. The summed E-state index contributed by atoms with van der Waals surface area (Å²) in [4.78, 5) is 3.66. The average Bonchev–Trinajstić information content (AvgIpc) is 2.17. The Bertz CT molecular complexity index is 371. The van der Waals surface area contributed by atoms with Gasteiger partial charge in [-0.3, -0.25) is 10.4 Å². The molecule has 0 bridgehead atoms. The third kappa shape index (κ3) is 2.77. The van der Waals surface area contributed by atoms with Gasteiger partial charge in [0.05, 0.1) is 10.7 Å². The van der Waals surface area contributed by atoms with Crippen molar-refractivity contribution >= 4 is 23.2 Å². The topological polar surface area (TPSA) is 62.4 Å². The van der Waals surface area contributed by atoms with Gasteiger partial charge in [0.15, 0.2) is 5.82 Å². The molecule has 0 aliphatic carbocycles. The van der Waals surface area contributed by atoms with E-state index >= 15 is 0 Å². The molecule has 1 rings (SSSR count). The van der Waals surface area contributed by atoms with Crippen LogP contribution in [-0.4, -0.2) is 13.0 Å². The molecule has 4 N–H and O–H groups in total. The smallest absolute Gasteiger partial charge is 0.210 e. The fraction of sp³-hybridized carbons (Fsp3) is 0.125. The number of benzene rings is 1. The van der Waals surface area contributed by atoms with Gasteiger partial charge in [-0.05, 0) is 6.07 Å². The van der Waals surface area contributed by atoms with E-state index in [0.29, 0.717) is 6.07 Å². The third-order valence-corrected chi connectivity index (χ3v) is 1.91. The number of nitrogens with zero attached hydrogens (tertiary/aromatic N) is 1. The number of hydrazine groups is 1. The standard InChI is InChI=1S/C8H9ClF2N4/c1-13-8(15-12)14-7-5(9)2-4(10)3-6(7)11/h2-3H,12H2,1H3,(H2,13,14,15). The summed E-state index contributed by atoms with van der Waals surface area (Å²) in [6.07, 6.45) is 0. The molecule has 82 valence electrons. The first kappa shape index (κ1) is 11.7. The molecule has 0 unspecified atom stereocenters. The molecule has 0 fully saturated rings. The number of nitrogens with two attached hydrogens (primary N) is 1. The molecule has 0 aliphatic rings. The number of hydrogen-bond donors (Lipinski definition) is 3. The van der Waals surface area contributed by atoms with Gasteiger partial charge in [0.25, 0.3) is 0 Å². The first-order valence-corrected chi connectivity index (χ1v) is 4.31. The van der Waals surface area contributed by atoms with Crippen molar-refractivity contribution < 1.29 is 8.78 Å². The summed E-state index contributed by atoms with van der Waals surface area (Å²) in [7, 11) is 1.44. The quantitative estimate of drug-likeness (QED) is 0.299. The summed E-state index contributed by atoms with van der Waals surface area (Å²) < 4.78 is 25.9. The predicted molar refractivity (Wildman–Crippen MR) is 55.7 cm³/mol. The van der Waals surface area contributed by atoms with Crippen LogP contribution in [-0.2, 0) is 0 Å². The zero-order chi connectivity index (χ0) is 11.4. The number of aliphatic imine (C=N–C) groups is 1. The van der Waals surface area contributed by atoms with Gasteiger partial charge in [-0.1, -0.05) is 11.6 Å². The summed E-state index contributed by atoms with van der Waals surface area (Å²) in [5.74, 6) is 3.62. The first-order valence-electron chi connectivity index (χ1n) is 3.93. The van der Waals surface area contributed by atoms with Gasteiger partial charge >= 0.3 is 0 Å². The number of rotatable bonds is 1. The summed E-state index contributed by atoms with van der Waals surface area (Å²) in [6.45, 7) is 0. The maximum atomic E-state index is 13.2. The highest BCUT2D eigenvalue weighted by atomic mass is 35.5. The number of halogens is 3. The van der Waals surface area contributed by atoms with E-state index < -0.39 is 11.6 Å². The maximum absolute atomic E-state index is 13.2. The predicted octanol–water partition coefficient (Wildman–Crippen LogP) is 1.48. The summed E-state index contributed by atoms with van der Waals surface area (Å²) in [5.41, 5.74) is 2.10. The number of guanidine groups is 1. The van der Waals surface area contributed by atoms with Crippen molar-refractivity contribution in [3.63, 3.8) is 0 Å². The van der Waals surface area contributed by atoms with E-state index in [1.54, 1.807) is 0 Å². The minimum atomic E-state index is -0.823. The third-order valence-electron chi connectivity index (χ3n) is 1.61. The van der Waals surface area contributed by atoms with Crippen LogP contribution in [0.4, 0.5) is 14.5 Å². The van der Waals surface area contributed by atoms with Gasteiger partial charge in [0.1, 0.15) is 5.82 Å².